The quantitative estimate of drug-likeness (QED) is 0.680. The highest BCUT2D eigenvalue weighted by Gasteiger charge is 2.27. The Morgan fingerprint density at radius 1 is 1.35 bits per heavy atom. The summed E-state index contributed by atoms with van der Waals surface area (Å²) in [5.74, 6) is 0.599. The fourth-order valence-corrected chi connectivity index (χ4v) is 2.09. The Morgan fingerprint density at radius 3 is 2.80 bits per heavy atom. The van der Waals surface area contributed by atoms with Crippen molar-refractivity contribution in [3.8, 4) is 5.69 Å². The number of aliphatic imine (C=N–C) groups is 1. The Morgan fingerprint density at radius 2 is 2.10 bits per heavy atom. The van der Waals surface area contributed by atoms with Crippen LogP contribution in [0.15, 0.2) is 47.6 Å². The lowest BCUT2D eigenvalue weighted by Crippen LogP contribution is -2.35. The molecule has 1 fully saturated rings. The van der Waals surface area contributed by atoms with Crippen LogP contribution in [0, 0.1) is 0 Å². The van der Waals surface area contributed by atoms with Gasteiger partial charge in [-0.05, 0) is 31.0 Å². The SMILES string of the molecule is CN(C(N)=NCc1ccn(-c2ccccc2)n1)C1CC1. The lowest BCUT2D eigenvalue weighted by molar-refractivity contribution is 0.487. The van der Waals surface area contributed by atoms with Crippen molar-refractivity contribution in [2.45, 2.75) is 25.4 Å². The molecule has 0 radical (unpaired) electrons. The number of rotatable bonds is 4. The van der Waals surface area contributed by atoms with Gasteiger partial charge in [-0.1, -0.05) is 18.2 Å². The van der Waals surface area contributed by atoms with Crippen molar-refractivity contribution >= 4 is 5.96 Å². The van der Waals surface area contributed by atoms with E-state index in [1.54, 1.807) is 0 Å². The molecule has 0 amide bonds. The molecule has 3 rings (SSSR count). The number of benzene rings is 1. The number of hydrogen-bond acceptors (Lipinski definition) is 2. The van der Waals surface area contributed by atoms with Gasteiger partial charge in [0.05, 0.1) is 17.9 Å². The molecule has 5 nitrogen and oxygen atoms in total. The molecule has 0 spiro atoms. The molecule has 104 valence electrons. The maximum atomic E-state index is 5.97. The van der Waals surface area contributed by atoms with Gasteiger partial charge in [-0.15, -0.1) is 0 Å². The van der Waals surface area contributed by atoms with E-state index in [2.05, 4.69) is 10.1 Å². The molecule has 1 aliphatic rings. The van der Waals surface area contributed by atoms with Crippen LogP contribution >= 0.6 is 0 Å². The summed E-state index contributed by atoms with van der Waals surface area (Å²) in [6.07, 6.45) is 4.38. The van der Waals surface area contributed by atoms with E-state index >= 15 is 0 Å². The molecule has 1 aliphatic carbocycles. The number of guanidine groups is 1. The van der Waals surface area contributed by atoms with Crippen molar-refractivity contribution in [1.82, 2.24) is 14.7 Å². The Kier molecular flexibility index (Phi) is 3.41. The number of hydrogen-bond donors (Lipinski definition) is 1. The lowest BCUT2D eigenvalue weighted by Gasteiger charge is -2.16. The predicted molar refractivity (Wildman–Crippen MR) is 79.7 cm³/mol. The molecule has 5 heteroatoms. The molecule has 2 N–H and O–H groups in total. The van der Waals surface area contributed by atoms with Crippen molar-refractivity contribution < 1.29 is 0 Å². The van der Waals surface area contributed by atoms with Crippen molar-refractivity contribution in [2.24, 2.45) is 10.7 Å². The second kappa shape index (κ2) is 5.36. The van der Waals surface area contributed by atoms with Gasteiger partial charge in [0.2, 0.25) is 0 Å². The van der Waals surface area contributed by atoms with Crippen molar-refractivity contribution in [3.05, 3.63) is 48.3 Å². The molecule has 0 unspecified atom stereocenters. The summed E-state index contributed by atoms with van der Waals surface area (Å²) in [5, 5.41) is 4.51. The van der Waals surface area contributed by atoms with E-state index in [1.807, 2.05) is 59.2 Å². The fourth-order valence-electron chi connectivity index (χ4n) is 2.09. The largest absolute Gasteiger partial charge is 0.370 e. The third-order valence-corrected chi connectivity index (χ3v) is 3.52. The molecule has 0 saturated heterocycles. The van der Waals surface area contributed by atoms with E-state index < -0.39 is 0 Å². The summed E-state index contributed by atoms with van der Waals surface area (Å²) in [6.45, 7) is 0.517. The van der Waals surface area contributed by atoms with Gasteiger partial charge in [-0.25, -0.2) is 9.67 Å². The Hall–Kier alpha value is -2.30. The van der Waals surface area contributed by atoms with Crippen LogP contribution in [0.4, 0.5) is 0 Å². The van der Waals surface area contributed by atoms with Crippen LogP contribution in [0.2, 0.25) is 0 Å². The summed E-state index contributed by atoms with van der Waals surface area (Å²) >= 11 is 0. The van der Waals surface area contributed by atoms with Crippen molar-refractivity contribution in [1.29, 1.82) is 0 Å². The van der Waals surface area contributed by atoms with E-state index in [0.29, 0.717) is 18.5 Å². The minimum absolute atomic E-state index is 0.517. The minimum atomic E-state index is 0.517. The Bertz CT molecular complexity index is 598. The minimum Gasteiger partial charge on any atom is -0.370 e. The summed E-state index contributed by atoms with van der Waals surface area (Å²) in [6, 6.07) is 12.6. The van der Waals surface area contributed by atoms with Crippen LogP contribution in [0.25, 0.3) is 5.69 Å². The first-order valence-corrected chi connectivity index (χ1v) is 6.87. The van der Waals surface area contributed by atoms with Crippen LogP contribution in [0.1, 0.15) is 18.5 Å². The molecular formula is C15H19N5. The lowest BCUT2D eigenvalue weighted by atomic mass is 10.3. The molecule has 0 atom stereocenters. The second-order valence-electron chi connectivity index (χ2n) is 5.10. The smallest absolute Gasteiger partial charge is 0.191 e. The molecular weight excluding hydrogens is 250 g/mol. The topological polar surface area (TPSA) is 59.4 Å². The van der Waals surface area contributed by atoms with Crippen LogP contribution in [-0.4, -0.2) is 33.7 Å². The van der Waals surface area contributed by atoms with Gasteiger partial charge < -0.3 is 10.6 Å². The fraction of sp³-hybridized carbons (Fsp3) is 0.333. The Balaban J connectivity index is 1.67. The zero-order chi connectivity index (χ0) is 13.9. The van der Waals surface area contributed by atoms with Gasteiger partial charge in [0.25, 0.3) is 0 Å². The summed E-state index contributed by atoms with van der Waals surface area (Å²) in [5.41, 5.74) is 7.93. The van der Waals surface area contributed by atoms with E-state index in [-0.39, 0.29) is 0 Å². The van der Waals surface area contributed by atoms with Gasteiger partial charge >= 0.3 is 0 Å². The van der Waals surface area contributed by atoms with Gasteiger partial charge in [-0.2, -0.15) is 5.10 Å². The van der Waals surface area contributed by atoms with Crippen LogP contribution in [0.5, 0.6) is 0 Å². The van der Waals surface area contributed by atoms with Gasteiger partial charge in [0.1, 0.15) is 0 Å². The van der Waals surface area contributed by atoms with Crippen molar-refractivity contribution in [2.75, 3.05) is 7.05 Å². The maximum absolute atomic E-state index is 5.97. The predicted octanol–water partition coefficient (Wildman–Crippen LogP) is 1.78. The molecule has 20 heavy (non-hydrogen) atoms. The standard InChI is InChI=1S/C15H19N5/c1-19(13-7-8-13)15(16)17-11-12-9-10-20(18-12)14-5-3-2-4-6-14/h2-6,9-10,13H,7-8,11H2,1H3,(H2,16,17). The van der Waals surface area contributed by atoms with E-state index in [1.165, 1.54) is 12.8 Å². The van der Waals surface area contributed by atoms with Gasteiger partial charge in [0, 0.05) is 19.3 Å². The molecule has 0 bridgehead atoms. The normalized spacial score (nSPS) is 15.3. The zero-order valence-corrected chi connectivity index (χ0v) is 11.6. The van der Waals surface area contributed by atoms with Crippen molar-refractivity contribution in [3.63, 3.8) is 0 Å². The third-order valence-electron chi connectivity index (χ3n) is 3.52. The number of nitrogens with two attached hydrogens (primary N) is 1. The average molecular weight is 269 g/mol. The van der Waals surface area contributed by atoms with Crippen LogP contribution in [-0.2, 0) is 6.54 Å². The first-order chi connectivity index (χ1) is 9.74. The van der Waals surface area contributed by atoms with E-state index in [0.717, 1.165) is 11.4 Å². The summed E-state index contributed by atoms with van der Waals surface area (Å²) in [4.78, 5) is 6.46. The zero-order valence-electron chi connectivity index (χ0n) is 11.6. The number of para-hydroxylation sites is 1. The molecule has 2 aromatic rings. The van der Waals surface area contributed by atoms with Crippen LogP contribution < -0.4 is 5.73 Å². The van der Waals surface area contributed by atoms with Gasteiger partial charge in [-0.3, -0.25) is 0 Å². The highest BCUT2D eigenvalue weighted by molar-refractivity contribution is 5.78. The number of aromatic nitrogens is 2. The first-order valence-electron chi connectivity index (χ1n) is 6.87. The highest BCUT2D eigenvalue weighted by Crippen LogP contribution is 2.24. The Labute approximate surface area is 118 Å². The summed E-state index contributed by atoms with van der Waals surface area (Å²) < 4.78 is 1.85. The molecule has 1 saturated carbocycles. The third kappa shape index (κ3) is 2.82. The molecule has 0 aliphatic heterocycles. The molecule has 1 heterocycles. The highest BCUT2D eigenvalue weighted by atomic mass is 15.3. The van der Waals surface area contributed by atoms with Crippen LogP contribution in [0.3, 0.4) is 0 Å². The maximum Gasteiger partial charge on any atom is 0.191 e. The number of nitrogens with zero attached hydrogens (tertiary/aromatic N) is 4. The average Bonchev–Trinajstić information content (AvgIpc) is 3.23. The van der Waals surface area contributed by atoms with E-state index in [9.17, 15) is 0 Å². The molecule has 1 aromatic heterocycles. The monoisotopic (exact) mass is 269 g/mol. The molecule has 1 aromatic carbocycles. The van der Waals surface area contributed by atoms with E-state index in [4.69, 9.17) is 5.73 Å². The second-order valence-corrected chi connectivity index (χ2v) is 5.10. The summed E-state index contributed by atoms with van der Waals surface area (Å²) in [7, 11) is 2.00. The van der Waals surface area contributed by atoms with Gasteiger partial charge in [0.15, 0.2) is 5.96 Å². The first kappa shape index (κ1) is 12.7.